The van der Waals surface area contributed by atoms with Crippen LogP contribution in [0.15, 0.2) is 42.5 Å². The second kappa shape index (κ2) is 5.37. The van der Waals surface area contributed by atoms with Gasteiger partial charge in [-0.1, -0.05) is 25.1 Å². The molecule has 0 amide bonds. The average molecular weight is 236 g/mol. The minimum Gasteiger partial charge on any atom is -0.354 e. The highest BCUT2D eigenvalue weighted by molar-refractivity contribution is 5.67. The van der Waals surface area contributed by atoms with Crippen LogP contribution in [0.1, 0.15) is 23.6 Å². The molecule has 0 aliphatic carbocycles. The molecule has 2 rings (SSSR count). The van der Waals surface area contributed by atoms with E-state index < -0.39 is 0 Å². The minimum absolute atomic E-state index is 0.667. The molecular formula is C16H16N2. The molecule has 0 heterocycles. The second-order valence-electron chi connectivity index (χ2n) is 4.34. The molecule has 0 aromatic heterocycles. The van der Waals surface area contributed by atoms with E-state index in [2.05, 4.69) is 30.4 Å². The van der Waals surface area contributed by atoms with Gasteiger partial charge in [-0.25, -0.2) is 0 Å². The van der Waals surface area contributed by atoms with E-state index >= 15 is 0 Å². The average Bonchev–Trinajstić information content (AvgIpc) is 2.40. The van der Waals surface area contributed by atoms with Crippen molar-refractivity contribution in [2.75, 3.05) is 5.32 Å². The van der Waals surface area contributed by atoms with E-state index in [9.17, 15) is 0 Å². The quantitative estimate of drug-likeness (QED) is 0.868. The van der Waals surface area contributed by atoms with Crippen LogP contribution in [-0.2, 0) is 6.42 Å². The van der Waals surface area contributed by atoms with Gasteiger partial charge in [-0.2, -0.15) is 5.26 Å². The molecule has 0 saturated carbocycles. The fraction of sp³-hybridized carbons (Fsp3) is 0.188. The Hall–Kier alpha value is -2.27. The lowest BCUT2D eigenvalue weighted by Crippen LogP contribution is -1.94. The molecule has 0 spiro atoms. The normalized spacial score (nSPS) is 9.83. The summed E-state index contributed by atoms with van der Waals surface area (Å²) in [4.78, 5) is 0. The van der Waals surface area contributed by atoms with E-state index in [0.717, 1.165) is 23.4 Å². The van der Waals surface area contributed by atoms with Crippen molar-refractivity contribution in [1.82, 2.24) is 0 Å². The molecule has 0 aliphatic rings. The zero-order valence-corrected chi connectivity index (χ0v) is 10.7. The van der Waals surface area contributed by atoms with Crippen molar-refractivity contribution < 1.29 is 0 Å². The Balaban J connectivity index is 2.27. The Bertz CT molecular complexity index is 577. The summed E-state index contributed by atoms with van der Waals surface area (Å²) in [5, 5.41) is 12.4. The van der Waals surface area contributed by atoms with Gasteiger partial charge in [0.2, 0.25) is 0 Å². The molecule has 0 bridgehead atoms. The maximum absolute atomic E-state index is 9.08. The van der Waals surface area contributed by atoms with Gasteiger partial charge in [0.05, 0.1) is 11.3 Å². The first-order valence-electron chi connectivity index (χ1n) is 6.09. The van der Waals surface area contributed by atoms with E-state index in [1.807, 2.05) is 37.3 Å². The highest BCUT2D eigenvalue weighted by atomic mass is 14.9. The lowest BCUT2D eigenvalue weighted by molar-refractivity contribution is 1.14. The first-order valence-corrected chi connectivity index (χ1v) is 6.09. The Morgan fingerprint density at radius 2 is 1.83 bits per heavy atom. The first kappa shape index (κ1) is 12.2. The third-order valence-electron chi connectivity index (χ3n) is 2.94. The van der Waals surface area contributed by atoms with Crippen molar-refractivity contribution in [1.29, 1.82) is 5.26 Å². The molecule has 0 fully saturated rings. The maximum Gasteiger partial charge on any atom is 0.101 e. The maximum atomic E-state index is 9.08. The van der Waals surface area contributed by atoms with Crippen molar-refractivity contribution >= 4 is 11.4 Å². The highest BCUT2D eigenvalue weighted by Gasteiger charge is 2.02. The lowest BCUT2D eigenvalue weighted by Gasteiger charge is -2.09. The van der Waals surface area contributed by atoms with Crippen LogP contribution in [0, 0.1) is 18.3 Å². The Labute approximate surface area is 108 Å². The lowest BCUT2D eigenvalue weighted by atomic mass is 10.1. The van der Waals surface area contributed by atoms with E-state index in [4.69, 9.17) is 5.26 Å². The van der Waals surface area contributed by atoms with Gasteiger partial charge >= 0.3 is 0 Å². The van der Waals surface area contributed by atoms with E-state index in [0.29, 0.717) is 5.56 Å². The minimum atomic E-state index is 0.667. The summed E-state index contributed by atoms with van der Waals surface area (Å²) in [5.41, 5.74) is 4.99. The molecule has 90 valence electrons. The van der Waals surface area contributed by atoms with Gasteiger partial charge in [0.15, 0.2) is 0 Å². The number of nitriles is 1. The molecule has 1 N–H and O–H groups in total. The Morgan fingerprint density at radius 1 is 1.11 bits per heavy atom. The molecule has 2 heteroatoms. The highest BCUT2D eigenvalue weighted by Crippen LogP contribution is 2.22. The van der Waals surface area contributed by atoms with Gasteiger partial charge in [0, 0.05) is 5.69 Å². The number of hydrogen-bond donors (Lipinski definition) is 1. The van der Waals surface area contributed by atoms with E-state index in [-0.39, 0.29) is 0 Å². The third-order valence-corrected chi connectivity index (χ3v) is 2.94. The zero-order valence-electron chi connectivity index (χ0n) is 10.7. The van der Waals surface area contributed by atoms with Crippen LogP contribution in [0.25, 0.3) is 0 Å². The Morgan fingerprint density at radius 3 is 2.44 bits per heavy atom. The molecule has 0 atom stereocenters. The summed E-state index contributed by atoms with van der Waals surface area (Å²) in [5.74, 6) is 0. The summed E-state index contributed by atoms with van der Waals surface area (Å²) >= 11 is 0. The molecule has 0 unspecified atom stereocenters. The van der Waals surface area contributed by atoms with Crippen molar-refractivity contribution in [2.24, 2.45) is 0 Å². The van der Waals surface area contributed by atoms with Crippen molar-refractivity contribution in [3.8, 4) is 6.07 Å². The van der Waals surface area contributed by atoms with Crippen LogP contribution in [0.2, 0.25) is 0 Å². The summed E-state index contributed by atoms with van der Waals surface area (Å²) in [6.45, 7) is 4.16. The summed E-state index contributed by atoms with van der Waals surface area (Å²) in [6, 6.07) is 16.3. The molecule has 2 nitrogen and oxygen atoms in total. The van der Waals surface area contributed by atoms with Gasteiger partial charge in [-0.15, -0.1) is 0 Å². The number of rotatable bonds is 3. The van der Waals surface area contributed by atoms with Crippen molar-refractivity contribution in [3.63, 3.8) is 0 Å². The van der Waals surface area contributed by atoms with Crippen molar-refractivity contribution in [3.05, 3.63) is 59.2 Å². The van der Waals surface area contributed by atoms with Crippen molar-refractivity contribution in [2.45, 2.75) is 20.3 Å². The first-order chi connectivity index (χ1) is 8.72. The third kappa shape index (κ3) is 2.70. The summed E-state index contributed by atoms with van der Waals surface area (Å²) < 4.78 is 0. The second-order valence-corrected chi connectivity index (χ2v) is 4.34. The molecule has 0 aliphatic heterocycles. The van der Waals surface area contributed by atoms with Gasteiger partial charge in [-0.3, -0.25) is 0 Å². The van der Waals surface area contributed by atoms with Crippen LogP contribution in [0.4, 0.5) is 11.4 Å². The number of hydrogen-bond acceptors (Lipinski definition) is 2. The summed E-state index contributed by atoms with van der Waals surface area (Å²) in [6.07, 6.45) is 1.04. The van der Waals surface area contributed by atoms with Gasteiger partial charge in [0.25, 0.3) is 0 Å². The Kier molecular flexibility index (Phi) is 3.64. The fourth-order valence-corrected chi connectivity index (χ4v) is 1.84. The molecule has 2 aromatic carbocycles. The standard InChI is InChI=1S/C16H16N2/c1-3-13-5-8-15(9-6-13)18-16-10-12(2)4-7-14(16)11-17/h4-10,18H,3H2,1-2H3. The van der Waals surface area contributed by atoms with E-state index in [1.54, 1.807) is 0 Å². The van der Waals surface area contributed by atoms with Crippen LogP contribution in [-0.4, -0.2) is 0 Å². The van der Waals surface area contributed by atoms with Crippen LogP contribution < -0.4 is 5.32 Å². The number of benzene rings is 2. The van der Waals surface area contributed by atoms with E-state index in [1.165, 1.54) is 5.56 Å². The van der Waals surface area contributed by atoms with Crippen LogP contribution >= 0.6 is 0 Å². The predicted octanol–water partition coefficient (Wildman–Crippen LogP) is 4.17. The molecule has 2 aromatic rings. The van der Waals surface area contributed by atoms with Crippen LogP contribution in [0.3, 0.4) is 0 Å². The molecule has 18 heavy (non-hydrogen) atoms. The smallest absolute Gasteiger partial charge is 0.101 e. The van der Waals surface area contributed by atoms with Gasteiger partial charge < -0.3 is 5.32 Å². The van der Waals surface area contributed by atoms with Gasteiger partial charge in [0.1, 0.15) is 6.07 Å². The zero-order chi connectivity index (χ0) is 13.0. The number of nitrogens with zero attached hydrogens (tertiary/aromatic N) is 1. The molecule has 0 saturated heterocycles. The number of nitrogens with one attached hydrogen (secondary N) is 1. The fourth-order valence-electron chi connectivity index (χ4n) is 1.84. The molecule has 0 radical (unpaired) electrons. The molecular weight excluding hydrogens is 220 g/mol. The van der Waals surface area contributed by atoms with Gasteiger partial charge in [-0.05, 0) is 48.7 Å². The summed E-state index contributed by atoms with van der Waals surface area (Å²) in [7, 11) is 0. The van der Waals surface area contributed by atoms with Crippen LogP contribution in [0.5, 0.6) is 0 Å². The topological polar surface area (TPSA) is 35.8 Å². The predicted molar refractivity (Wildman–Crippen MR) is 75.0 cm³/mol. The SMILES string of the molecule is CCc1ccc(Nc2cc(C)ccc2C#N)cc1. The monoisotopic (exact) mass is 236 g/mol. The number of aryl methyl sites for hydroxylation is 2. The largest absolute Gasteiger partial charge is 0.354 e. The number of anilines is 2.